The molecule has 0 bridgehead atoms. The average molecular weight is 194 g/mol. The first kappa shape index (κ1) is 9.69. The molecule has 0 aromatic heterocycles. The van der Waals surface area contributed by atoms with Crippen molar-refractivity contribution >= 4 is 12.1 Å². The molecule has 0 radical (unpaired) electrons. The molecule has 78 valence electrons. The second kappa shape index (κ2) is 3.71. The lowest BCUT2D eigenvalue weighted by atomic mass is 9.88. The lowest BCUT2D eigenvalue weighted by Gasteiger charge is -2.42. The van der Waals surface area contributed by atoms with Gasteiger partial charge in [0.1, 0.15) is 0 Å². The summed E-state index contributed by atoms with van der Waals surface area (Å²) in [7, 11) is 0. The topological polar surface area (TPSA) is 32.7 Å². The van der Waals surface area contributed by atoms with E-state index in [1.165, 1.54) is 19.1 Å². The largest absolute Gasteiger partial charge is 0.330 e. The van der Waals surface area contributed by atoms with Crippen LogP contribution >= 0.6 is 0 Å². The fourth-order valence-corrected chi connectivity index (χ4v) is 2.62. The number of aliphatic imine (C=N–C) groups is 1. The molecule has 2 unspecified atom stereocenters. The normalized spacial score (nSPS) is 32.2. The molecule has 0 saturated heterocycles. The molecule has 0 N–H and O–H groups in total. The molecule has 0 aromatic rings. The molecule has 1 aliphatic heterocycles. The van der Waals surface area contributed by atoms with E-state index < -0.39 is 0 Å². The predicted molar refractivity (Wildman–Crippen MR) is 56.5 cm³/mol. The van der Waals surface area contributed by atoms with Gasteiger partial charge in [-0.05, 0) is 26.7 Å². The van der Waals surface area contributed by atoms with Gasteiger partial charge >= 0.3 is 0 Å². The van der Waals surface area contributed by atoms with Crippen molar-refractivity contribution in [3.05, 3.63) is 0 Å². The van der Waals surface area contributed by atoms with Crippen LogP contribution in [0, 0.1) is 0 Å². The van der Waals surface area contributed by atoms with Crippen LogP contribution < -0.4 is 0 Å². The Morgan fingerprint density at radius 1 is 1.43 bits per heavy atom. The molecule has 1 amide bonds. The van der Waals surface area contributed by atoms with Crippen LogP contribution in [-0.4, -0.2) is 35.1 Å². The third-order valence-electron chi connectivity index (χ3n) is 3.24. The zero-order valence-electron chi connectivity index (χ0n) is 8.94. The van der Waals surface area contributed by atoms with Gasteiger partial charge in [0.05, 0.1) is 18.3 Å². The molecule has 1 aliphatic carbocycles. The Balaban J connectivity index is 2.22. The van der Waals surface area contributed by atoms with Crippen LogP contribution in [0.2, 0.25) is 0 Å². The van der Waals surface area contributed by atoms with Crippen LogP contribution in [0.3, 0.4) is 0 Å². The Morgan fingerprint density at radius 3 is 2.86 bits per heavy atom. The fourth-order valence-electron chi connectivity index (χ4n) is 2.62. The molecule has 14 heavy (non-hydrogen) atoms. The van der Waals surface area contributed by atoms with Crippen LogP contribution in [0.25, 0.3) is 0 Å². The van der Waals surface area contributed by atoms with Crippen molar-refractivity contribution in [2.24, 2.45) is 4.99 Å². The first-order valence-electron chi connectivity index (χ1n) is 5.55. The second-order valence-corrected chi connectivity index (χ2v) is 4.54. The smallest absolute Gasteiger partial charge is 0.265 e. The van der Waals surface area contributed by atoms with Gasteiger partial charge in [-0.25, -0.2) is 0 Å². The Morgan fingerprint density at radius 2 is 2.14 bits per heavy atom. The van der Waals surface area contributed by atoms with Crippen LogP contribution in [0.1, 0.15) is 39.5 Å². The number of nitrogens with zero attached hydrogens (tertiary/aromatic N) is 2. The highest BCUT2D eigenvalue weighted by molar-refractivity contribution is 6.26. The maximum absolute atomic E-state index is 11.7. The number of hydrogen-bond donors (Lipinski definition) is 0. The van der Waals surface area contributed by atoms with Crippen LogP contribution in [0.4, 0.5) is 0 Å². The van der Waals surface area contributed by atoms with E-state index in [0.717, 1.165) is 12.8 Å². The molecule has 3 heteroatoms. The summed E-state index contributed by atoms with van der Waals surface area (Å²) in [6.45, 7) is 4.17. The molecule has 1 heterocycles. The molecule has 0 spiro atoms. The van der Waals surface area contributed by atoms with Crippen molar-refractivity contribution in [1.29, 1.82) is 0 Å². The van der Waals surface area contributed by atoms with Crippen molar-refractivity contribution in [2.45, 2.75) is 57.7 Å². The summed E-state index contributed by atoms with van der Waals surface area (Å²) >= 11 is 0. The lowest BCUT2D eigenvalue weighted by molar-refractivity contribution is -0.129. The predicted octanol–water partition coefficient (Wildman–Crippen LogP) is 1.62. The zero-order valence-corrected chi connectivity index (χ0v) is 8.94. The number of fused-ring (bicyclic) bond motifs is 1. The number of amides is 1. The standard InChI is InChI=1S/C11H18N2O/c1-8(2)13-10-6-4-3-5-9(10)12-7-11(13)14/h7-10H,3-6H2,1-2H3. The van der Waals surface area contributed by atoms with Gasteiger partial charge in [-0.3, -0.25) is 9.79 Å². The van der Waals surface area contributed by atoms with E-state index in [1.807, 2.05) is 4.90 Å². The summed E-state index contributed by atoms with van der Waals surface area (Å²) in [6.07, 6.45) is 6.31. The Bertz CT molecular complexity index is 260. The van der Waals surface area contributed by atoms with Crippen molar-refractivity contribution in [1.82, 2.24) is 4.90 Å². The molecule has 2 rings (SSSR count). The minimum Gasteiger partial charge on any atom is -0.330 e. The van der Waals surface area contributed by atoms with Gasteiger partial charge in [0.15, 0.2) is 0 Å². The van der Waals surface area contributed by atoms with Gasteiger partial charge in [-0.15, -0.1) is 0 Å². The second-order valence-electron chi connectivity index (χ2n) is 4.54. The van der Waals surface area contributed by atoms with E-state index in [-0.39, 0.29) is 5.91 Å². The summed E-state index contributed by atoms with van der Waals surface area (Å²) in [4.78, 5) is 18.0. The molecular weight excluding hydrogens is 176 g/mol. The van der Waals surface area contributed by atoms with Crippen molar-refractivity contribution in [3.8, 4) is 0 Å². The lowest BCUT2D eigenvalue weighted by Crippen LogP contribution is -2.54. The van der Waals surface area contributed by atoms with E-state index in [0.29, 0.717) is 18.1 Å². The monoisotopic (exact) mass is 194 g/mol. The molecule has 3 nitrogen and oxygen atoms in total. The molecule has 1 saturated carbocycles. The maximum atomic E-state index is 11.7. The Kier molecular flexibility index (Phi) is 2.57. The van der Waals surface area contributed by atoms with Crippen LogP contribution in [0.15, 0.2) is 4.99 Å². The molecular formula is C11H18N2O. The zero-order chi connectivity index (χ0) is 10.1. The third-order valence-corrected chi connectivity index (χ3v) is 3.24. The van der Waals surface area contributed by atoms with Gasteiger partial charge < -0.3 is 4.90 Å². The molecule has 1 fully saturated rings. The highest BCUT2D eigenvalue weighted by Crippen LogP contribution is 2.28. The first-order chi connectivity index (χ1) is 6.70. The van der Waals surface area contributed by atoms with E-state index in [2.05, 4.69) is 18.8 Å². The number of hydrogen-bond acceptors (Lipinski definition) is 2. The molecule has 2 aliphatic rings. The summed E-state index contributed by atoms with van der Waals surface area (Å²) in [6, 6.07) is 1.06. The van der Waals surface area contributed by atoms with Crippen molar-refractivity contribution in [2.75, 3.05) is 0 Å². The summed E-state index contributed by atoms with van der Waals surface area (Å²) in [5.41, 5.74) is 0. The van der Waals surface area contributed by atoms with Gasteiger partial charge in [-0.2, -0.15) is 0 Å². The Labute approximate surface area is 85.2 Å². The summed E-state index contributed by atoms with van der Waals surface area (Å²) in [5.74, 6) is 0.100. The van der Waals surface area contributed by atoms with Crippen molar-refractivity contribution in [3.63, 3.8) is 0 Å². The number of carbonyl (C=O) groups excluding carboxylic acids is 1. The minimum absolute atomic E-state index is 0.100. The summed E-state index contributed by atoms with van der Waals surface area (Å²) < 4.78 is 0. The quantitative estimate of drug-likeness (QED) is 0.624. The number of carbonyl (C=O) groups is 1. The maximum Gasteiger partial charge on any atom is 0.265 e. The summed E-state index contributed by atoms with van der Waals surface area (Å²) in [5, 5.41) is 0. The van der Waals surface area contributed by atoms with Crippen LogP contribution in [0.5, 0.6) is 0 Å². The Hall–Kier alpha value is -0.860. The van der Waals surface area contributed by atoms with E-state index in [4.69, 9.17) is 0 Å². The molecule has 2 atom stereocenters. The fraction of sp³-hybridized carbons (Fsp3) is 0.818. The number of rotatable bonds is 1. The van der Waals surface area contributed by atoms with E-state index in [9.17, 15) is 4.79 Å². The van der Waals surface area contributed by atoms with Gasteiger partial charge in [-0.1, -0.05) is 12.8 Å². The highest BCUT2D eigenvalue weighted by Gasteiger charge is 2.36. The van der Waals surface area contributed by atoms with Crippen molar-refractivity contribution < 1.29 is 4.79 Å². The van der Waals surface area contributed by atoms with Gasteiger partial charge in [0.25, 0.3) is 5.91 Å². The van der Waals surface area contributed by atoms with Gasteiger partial charge in [0.2, 0.25) is 0 Å². The third kappa shape index (κ3) is 1.56. The minimum atomic E-state index is 0.100. The van der Waals surface area contributed by atoms with E-state index in [1.54, 1.807) is 0 Å². The molecule has 0 aromatic carbocycles. The first-order valence-corrected chi connectivity index (χ1v) is 5.55. The van der Waals surface area contributed by atoms with Gasteiger partial charge in [0, 0.05) is 6.04 Å². The highest BCUT2D eigenvalue weighted by atomic mass is 16.2. The SMILES string of the molecule is CC(C)N1C(=O)C=NC2CCCCC21. The van der Waals surface area contributed by atoms with Crippen LogP contribution in [-0.2, 0) is 4.79 Å². The van der Waals surface area contributed by atoms with E-state index >= 15 is 0 Å². The average Bonchev–Trinajstić information content (AvgIpc) is 2.17.